The first-order valence-electron chi connectivity index (χ1n) is 26.7. The molecule has 4 aromatic rings. The zero-order valence-corrected chi connectivity index (χ0v) is 45.4. The molecule has 8 N–H and O–H groups in total. The van der Waals surface area contributed by atoms with Gasteiger partial charge in [-0.3, -0.25) is 52.8 Å². The molecule has 0 spiro atoms. The van der Waals surface area contributed by atoms with Gasteiger partial charge < -0.3 is 51.4 Å². The molecular weight excluding hydrogens is 1050 g/mol. The Morgan fingerprint density at radius 1 is 0.840 bits per heavy atom. The number of ether oxygens (including phenoxy) is 1. The third kappa shape index (κ3) is 12.5. The monoisotopic (exact) mass is 1120 g/mol. The summed E-state index contributed by atoms with van der Waals surface area (Å²) in [5.41, 5.74) is 0.418. The van der Waals surface area contributed by atoms with Gasteiger partial charge in [0.1, 0.15) is 30.5 Å². The van der Waals surface area contributed by atoms with Crippen molar-refractivity contribution >= 4 is 70.1 Å². The van der Waals surface area contributed by atoms with Crippen molar-refractivity contribution in [2.75, 3.05) is 19.6 Å². The smallest absolute Gasteiger partial charge is 0.343 e. The Kier molecular flexibility index (Phi) is 17.3. The van der Waals surface area contributed by atoms with E-state index in [1.54, 1.807) is 71.0 Å². The molecule has 1 unspecified atom stereocenters. The van der Waals surface area contributed by atoms with Crippen LogP contribution in [0.4, 0.5) is 4.39 Å². The number of aliphatic carboxylic acids is 1. The second-order valence-electron chi connectivity index (χ2n) is 21.7. The molecule has 428 valence electrons. The van der Waals surface area contributed by atoms with Crippen LogP contribution < -0.4 is 37.5 Å². The summed E-state index contributed by atoms with van der Waals surface area (Å²) in [6.07, 6.45) is 3.10. The molecule has 8 amide bonds. The van der Waals surface area contributed by atoms with Gasteiger partial charge in [-0.05, 0) is 72.8 Å². The summed E-state index contributed by atoms with van der Waals surface area (Å²) < 4.78 is 22.4. The predicted molar refractivity (Wildman–Crippen MR) is 286 cm³/mol. The van der Waals surface area contributed by atoms with Crippen LogP contribution in [0.3, 0.4) is 0 Å². The highest BCUT2D eigenvalue weighted by atomic mass is 19.1. The summed E-state index contributed by atoms with van der Waals surface area (Å²) in [4.78, 5) is 149. The minimum absolute atomic E-state index is 0.00340. The molecular formula is C57H64FN9O14. The van der Waals surface area contributed by atoms with Gasteiger partial charge in [-0.1, -0.05) is 64.4 Å². The van der Waals surface area contributed by atoms with Gasteiger partial charge in [0.2, 0.25) is 35.4 Å². The van der Waals surface area contributed by atoms with Gasteiger partial charge in [-0.2, -0.15) is 0 Å². The van der Waals surface area contributed by atoms with Crippen LogP contribution >= 0.6 is 0 Å². The number of nitrogens with one attached hydrogen (secondary N) is 6. The Hall–Kier alpha value is -8.67. The van der Waals surface area contributed by atoms with Crippen LogP contribution in [0.25, 0.3) is 22.3 Å². The van der Waals surface area contributed by atoms with Crippen molar-refractivity contribution in [3.8, 4) is 11.4 Å². The summed E-state index contributed by atoms with van der Waals surface area (Å²) in [6.45, 7) is 6.88. The molecule has 81 heavy (non-hydrogen) atoms. The molecule has 3 aliphatic heterocycles. The Bertz CT molecular complexity index is 3350. The van der Waals surface area contributed by atoms with Crippen molar-refractivity contribution in [2.24, 2.45) is 5.41 Å². The van der Waals surface area contributed by atoms with E-state index < -0.39 is 125 Å². The second-order valence-corrected chi connectivity index (χ2v) is 21.7. The van der Waals surface area contributed by atoms with Crippen molar-refractivity contribution in [3.63, 3.8) is 0 Å². The SMILES string of the molecule is CC[C@@]1(O)C(=O)OCc2c1cc1n(c2=O)Cc2c-1nc1cc(F)c(C)c3c1c2[C@@H](NC(=O)C(NC(=O)[C@H](Cc1ccccc1)NC(=O)CNC(=O)CNC(=O)[C@H](CC(=O)O)NC(=O)CCCCCN1C(=O)C=CC1=O)C(C)(C)C)CC3. The van der Waals surface area contributed by atoms with Crippen molar-refractivity contribution in [1.29, 1.82) is 0 Å². The van der Waals surface area contributed by atoms with Crippen LogP contribution in [-0.2, 0) is 84.3 Å². The van der Waals surface area contributed by atoms with Crippen molar-refractivity contribution in [2.45, 2.75) is 135 Å². The van der Waals surface area contributed by atoms with E-state index in [-0.39, 0.29) is 62.0 Å². The number of benzene rings is 2. The third-order valence-electron chi connectivity index (χ3n) is 15.1. The van der Waals surface area contributed by atoms with E-state index in [0.717, 1.165) is 4.90 Å². The average molecular weight is 1120 g/mol. The molecule has 1 aliphatic carbocycles. The van der Waals surface area contributed by atoms with Gasteiger partial charge in [0, 0.05) is 54.1 Å². The highest BCUT2D eigenvalue weighted by Crippen LogP contribution is 2.46. The molecule has 0 saturated heterocycles. The number of carboxylic acids is 1. The van der Waals surface area contributed by atoms with Crippen LogP contribution in [0.2, 0.25) is 0 Å². The Morgan fingerprint density at radius 3 is 2.21 bits per heavy atom. The van der Waals surface area contributed by atoms with Gasteiger partial charge in [-0.25, -0.2) is 14.2 Å². The topological polar surface area (TPSA) is 331 Å². The number of esters is 1. The first-order chi connectivity index (χ1) is 38.4. The fourth-order valence-electron chi connectivity index (χ4n) is 10.7. The number of hydrogen-bond acceptors (Lipinski definition) is 14. The summed E-state index contributed by atoms with van der Waals surface area (Å²) >= 11 is 0. The summed E-state index contributed by atoms with van der Waals surface area (Å²) in [6, 6.07) is 6.70. The number of halogens is 1. The average Bonchev–Trinajstić information content (AvgIpc) is 4.22. The molecule has 0 bridgehead atoms. The summed E-state index contributed by atoms with van der Waals surface area (Å²) in [7, 11) is 0. The maximum Gasteiger partial charge on any atom is 0.343 e. The van der Waals surface area contributed by atoms with Gasteiger partial charge in [-0.15, -0.1) is 0 Å². The summed E-state index contributed by atoms with van der Waals surface area (Å²) in [5, 5.41) is 37.1. The highest BCUT2D eigenvalue weighted by Gasteiger charge is 2.46. The number of amides is 8. The molecule has 23 nitrogen and oxygen atoms in total. The lowest BCUT2D eigenvalue weighted by atomic mass is 9.80. The fraction of sp³-hybridized carbons (Fsp3) is 0.439. The van der Waals surface area contributed by atoms with Crippen LogP contribution in [0.5, 0.6) is 0 Å². The number of pyridine rings is 2. The van der Waals surface area contributed by atoms with Crippen LogP contribution in [0, 0.1) is 18.2 Å². The van der Waals surface area contributed by atoms with Gasteiger partial charge in [0.25, 0.3) is 17.4 Å². The number of aliphatic hydroxyl groups is 1. The Morgan fingerprint density at radius 2 is 1.53 bits per heavy atom. The predicted octanol–water partition coefficient (Wildman–Crippen LogP) is 1.57. The quantitative estimate of drug-likeness (QED) is 0.0277. The number of carboxylic acid groups (broad SMARTS) is 1. The van der Waals surface area contributed by atoms with E-state index in [9.17, 15) is 63.0 Å². The zero-order valence-electron chi connectivity index (χ0n) is 45.4. The first-order valence-corrected chi connectivity index (χ1v) is 26.7. The van der Waals surface area contributed by atoms with E-state index >= 15 is 4.39 Å². The molecule has 5 heterocycles. The Labute approximate surface area is 463 Å². The number of fused-ring (bicyclic) bond motifs is 5. The molecule has 2 aromatic carbocycles. The van der Waals surface area contributed by atoms with Crippen molar-refractivity contribution < 1.29 is 67.3 Å². The molecule has 0 fully saturated rings. The number of nitrogens with zero attached hydrogens (tertiary/aromatic N) is 3. The standard InChI is InChI=1S/C57H64FN9O14/c1-6-57(80)34-22-40-49-32(27-67(40)54(78)33(34)28-81-55(57)79)48-36(17-16-31-29(2)35(58)23-37(63-49)47(31)48)64-53(77)50(56(3,4)5)65-52(76)38(21-30-13-9-7-10-14-30)62-43(70)26-59-42(69)25-60-51(75)39(24-46(73)74)61-41(68)15-11-8-12-20-66-44(71)18-19-45(66)72/h7,9-10,13-14,18-19,22-23,36,38-39,50,80H,6,8,11-12,15-17,20-21,24-28H2,1-5H3,(H,59,69)(H,60,75)(H,61,68)(H,62,70)(H,64,77)(H,65,76)(H,73,74)/t36-,38-,39-,50?,57-/m0/s1. The van der Waals surface area contributed by atoms with E-state index in [4.69, 9.17) is 9.72 Å². The largest absolute Gasteiger partial charge is 0.481 e. The lowest BCUT2D eigenvalue weighted by Crippen LogP contribution is -2.59. The first kappa shape index (κ1) is 58.5. The minimum atomic E-state index is -2.09. The van der Waals surface area contributed by atoms with E-state index in [1.807, 2.05) is 0 Å². The lowest BCUT2D eigenvalue weighted by molar-refractivity contribution is -0.172. The van der Waals surface area contributed by atoms with Crippen molar-refractivity contribution in [1.82, 2.24) is 46.4 Å². The minimum Gasteiger partial charge on any atom is -0.481 e. The molecule has 24 heteroatoms. The molecule has 0 saturated carbocycles. The molecule has 2 aromatic heterocycles. The molecule has 8 rings (SSSR count). The van der Waals surface area contributed by atoms with E-state index in [1.165, 1.54) is 22.8 Å². The second kappa shape index (κ2) is 24.0. The number of unbranched alkanes of at least 4 members (excludes halogenated alkanes) is 2. The molecule has 4 aliphatic rings. The lowest BCUT2D eigenvalue weighted by Gasteiger charge is -2.35. The van der Waals surface area contributed by atoms with Gasteiger partial charge in [0.05, 0.1) is 54.6 Å². The number of carbonyl (C=O) groups excluding carboxylic acids is 9. The number of carbonyl (C=O) groups is 10. The zero-order chi connectivity index (χ0) is 58.7. The van der Waals surface area contributed by atoms with E-state index in [0.29, 0.717) is 70.3 Å². The van der Waals surface area contributed by atoms with E-state index in [2.05, 4.69) is 31.9 Å². The molecule has 5 atom stereocenters. The highest BCUT2D eigenvalue weighted by molar-refractivity contribution is 6.12. The maximum atomic E-state index is 15.6. The van der Waals surface area contributed by atoms with Crippen molar-refractivity contribution in [3.05, 3.63) is 110 Å². The summed E-state index contributed by atoms with van der Waals surface area (Å²) in [5.74, 6) is -8.32. The number of aryl methyl sites for hydroxylation is 1. The number of hydrogen-bond donors (Lipinski definition) is 8. The maximum absolute atomic E-state index is 15.6. The number of cyclic esters (lactones) is 1. The third-order valence-corrected chi connectivity index (χ3v) is 15.1. The van der Waals surface area contributed by atoms with Crippen LogP contribution in [0.15, 0.2) is 59.4 Å². The number of aromatic nitrogens is 2. The van der Waals surface area contributed by atoms with Gasteiger partial charge >= 0.3 is 11.9 Å². The number of imide groups is 1. The normalized spacial score (nSPS) is 17.9. The van der Waals surface area contributed by atoms with Crippen LogP contribution in [-0.4, -0.2) is 122 Å². The van der Waals surface area contributed by atoms with Gasteiger partial charge in [0.15, 0.2) is 5.60 Å². The Balaban J connectivity index is 0.930. The molecule has 0 radical (unpaired) electrons. The fourth-order valence-corrected chi connectivity index (χ4v) is 10.7. The number of rotatable bonds is 22. The van der Waals surface area contributed by atoms with Crippen LogP contribution in [0.1, 0.15) is 118 Å².